The summed E-state index contributed by atoms with van der Waals surface area (Å²) >= 11 is 0. The fourth-order valence-corrected chi connectivity index (χ4v) is 5.18. The molecule has 0 radical (unpaired) electrons. The van der Waals surface area contributed by atoms with Crippen molar-refractivity contribution in [3.05, 3.63) is 81.9 Å². The SMILES string of the molecule is O=C(ON1C(=O)CCC1=O)c1ccc2c(c1)C(=O)OC21c2ccc(O)cc2Oc2c1ccc(O)c2CNC(=O)C(F)(F)F. The van der Waals surface area contributed by atoms with E-state index in [1.54, 1.807) is 5.32 Å². The van der Waals surface area contributed by atoms with Crippen molar-refractivity contribution in [3.63, 3.8) is 0 Å². The first-order chi connectivity index (χ1) is 20.3. The summed E-state index contributed by atoms with van der Waals surface area (Å²) in [5.74, 6) is -6.90. The van der Waals surface area contributed by atoms with E-state index in [9.17, 15) is 47.4 Å². The van der Waals surface area contributed by atoms with Crippen molar-refractivity contribution in [3.8, 4) is 23.0 Å². The molecular formula is C28H17F3N2O10. The number of nitrogens with zero attached hydrogens (tertiary/aromatic N) is 1. The lowest BCUT2D eigenvalue weighted by atomic mass is 9.76. The minimum atomic E-state index is -5.21. The molecule has 0 bridgehead atoms. The van der Waals surface area contributed by atoms with Gasteiger partial charge in [-0.1, -0.05) is 6.07 Å². The summed E-state index contributed by atoms with van der Waals surface area (Å²) in [5.41, 5.74) is -2.09. The number of aromatic hydroxyl groups is 2. The number of benzene rings is 3. The highest BCUT2D eigenvalue weighted by molar-refractivity contribution is 6.04. The number of ether oxygens (including phenoxy) is 2. The Bertz CT molecular complexity index is 1770. The Morgan fingerprint density at radius 3 is 2.33 bits per heavy atom. The largest absolute Gasteiger partial charge is 0.508 e. The van der Waals surface area contributed by atoms with Crippen LogP contribution in [0.15, 0.2) is 48.5 Å². The summed E-state index contributed by atoms with van der Waals surface area (Å²) in [7, 11) is 0. The Labute approximate surface area is 238 Å². The number of halogens is 3. The zero-order chi connectivity index (χ0) is 30.8. The van der Waals surface area contributed by atoms with Gasteiger partial charge in [-0.15, -0.1) is 5.06 Å². The van der Waals surface area contributed by atoms with Crippen LogP contribution in [0.2, 0.25) is 0 Å². The molecule has 6 rings (SSSR count). The highest BCUT2D eigenvalue weighted by atomic mass is 19.4. The number of hydrogen-bond donors (Lipinski definition) is 3. The predicted octanol–water partition coefficient (Wildman–Crippen LogP) is 3.07. The number of nitrogens with one attached hydrogen (secondary N) is 1. The first-order valence-electron chi connectivity index (χ1n) is 12.5. The molecule has 3 aliphatic rings. The Kier molecular flexibility index (Phi) is 6.07. The predicted molar refractivity (Wildman–Crippen MR) is 132 cm³/mol. The molecule has 3 amide bonds. The van der Waals surface area contributed by atoms with E-state index >= 15 is 0 Å². The van der Waals surface area contributed by atoms with E-state index < -0.39 is 53.7 Å². The van der Waals surface area contributed by atoms with Crippen LogP contribution in [0.5, 0.6) is 23.0 Å². The first kappa shape index (κ1) is 27.6. The van der Waals surface area contributed by atoms with Gasteiger partial charge in [0.25, 0.3) is 11.8 Å². The molecule has 3 aliphatic heterocycles. The number of hydroxylamine groups is 2. The fraction of sp³-hybridized carbons (Fsp3) is 0.179. The molecule has 0 aliphatic carbocycles. The second kappa shape index (κ2) is 9.47. The van der Waals surface area contributed by atoms with Crippen molar-refractivity contribution in [2.24, 2.45) is 0 Å². The summed E-state index contributed by atoms with van der Waals surface area (Å²) in [4.78, 5) is 66.2. The van der Waals surface area contributed by atoms with Crippen molar-refractivity contribution in [2.75, 3.05) is 0 Å². The minimum absolute atomic E-state index is 0.0513. The van der Waals surface area contributed by atoms with E-state index in [4.69, 9.17) is 14.3 Å². The summed E-state index contributed by atoms with van der Waals surface area (Å²) in [6, 6.07) is 9.97. The molecule has 1 fully saturated rings. The number of phenols is 2. The zero-order valence-corrected chi connectivity index (χ0v) is 21.5. The van der Waals surface area contributed by atoms with Gasteiger partial charge in [0.05, 0.1) is 23.2 Å². The quantitative estimate of drug-likeness (QED) is 0.300. The van der Waals surface area contributed by atoms with E-state index in [-0.39, 0.29) is 63.5 Å². The molecule has 220 valence electrons. The van der Waals surface area contributed by atoms with Gasteiger partial charge in [-0.3, -0.25) is 14.4 Å². The molecule has 0 saturated carbocycles. The van der Waals surface area contributed by atoms with E-state index in [0.29, 0.717) is 5.06 Å². The van der Waals surface area contributed by atoms with Gasteiger partial charge in [0.15, 0.2) is 5.60 Å². The van der Waals surface area contributed by atoms with Gasteiger partial charge >= 0.3 is 24.0 Å². The molecule has 1 saturated heterocycles. The molecule has 1 atom stereocenters. The second-order valence-corrected chi connectivity index (χ2v) is 9.69. The summed E-state index contributed by atoms with van der Waals surface area (Å²) in [6.45, 7) is -0.836. The normalized spacial score (nSPS) is 18.5. The lowest BCUT2D eigenvalue weighted by molar-refractivity contribution is -0.173. The number of imide groups is 1. The first-order valence-corrected chi connectivity index (χ1v) is 12.5. The molecular weight excluding hydrogens is 581 g/mol. The van der Waals surface area contributed by atoms with E-state index in [2.05, 4.69) is 0 Å². The minimum Gasteiger partial charge on any atom is -0.508 e. The summed E-state index contributed by atoms with van der Waals surface area (Å²) in [5, 5.41) is 22.7. The third-order valence-electron chi connectivity index (χ3n) is 7.13. The number of carbonyl (C=O) groups is 5. The average Bonchev–Trinajstić information content (AvgIpc) is 3.42. The van der Waals surface area contributed by atoms with Gasteiger partial charge in [-0.2, -0.15) is 13.2 Å². The number of alkyl halides is 3. The Morgan fingerprint density at radius 2 is 1.63 bits per heavy atom. The third-order valence-corrected chi connectivity index (χ3v) is 7.13. The van der Waals surface area contributed by atoms with Crippen molar-refractivity contribution in [1.82, 2.24) is 10.4 Å². The second-order valence-electron chi connectivity index (χ2n) is 9.69. The van der Waals surface area contributed by atoms with Crippen LogP contribution >= 0.6 is 0 Å². The number of phenolic OH excluding ortho intramolecular Hbond substituents is 2. The van der Waals surface area contributed by atoms with Gasteiger partial charge in [-0.25, -0.2) is 9.59 Å². The van der Waals surface area contributed by atoms with Gasteiger partial charge in [-0.05, 0) is 36.4 Å². The van der Waals surface area contributed by atoms with Gasteiger partial charge in [0.2, 0.25) is 0 Å². The fourth-order valence-electron chi connectivity index (χ4n) is 5.18. The number of hydrogen-bond acceptors (Lipinski definition) is 10. The standard InChI is InChI=1S/C28H17F3N2O10/c29-28(30,31)26(40)32-11-15-19(35)6-5-18-23(15)41-20-10-13(34)2-4-17(20)27(18)16-3-1-12(9-14(16)25(39)42-27)24(38)43-33-21(36)7-8-22(33)37/h1-6,9-10,34-35H,7-8,11H2,(H,32,40). The molecule has 3 aromatic carbocycles. The van der Waals surface area contributed by atoms with Crippen LogP contribution in [0.25, 0.3) is 0 Å². The van der Waals surface area contributed by atoms with E-state index in [1.165, 1.54) is 30.3 Å². The zero-order valence-electron chi connectivity index (χ0n) is 21.5. The molecule has 1 spiro atoms. The van der Waals surface area contributed by atoms with Crippen LogP contribution in [0.3, 0.4) is 0 Å². The van der Waals surface area contributed by atoms with Gasteiger partial charge < -0.3 is 29.8 Å². The molecule has 3 N–H and O–H groups in total. The van der Waals surface area contributed by atoms with Crippen molar-refractivity contribution >= 4 is 29.7 Å². The summed E-state index contributed by atoms with van der Waals surface area (Å²) < 4.78 is 50.4. The highest BCUT2D eigenvalue weighted by Crippen LogP contribution is 2.58. The Morgan fingerprint density at radius 1 is 0.953 bits per heavy atom. The topological polar surface area (TPSA) is 169 Å². The third kappa shape index (κ3) is 4.27. The maximum Gasteiger partial charge on any atom is 0.471 e. The smallest absolute Gasteiger partial charge is 0.471 e. The van der Waals surface area contributed by atoms with E-state index in [1.807, 2.05) is 0 Å². The number of amides is 3. The number of carbonyl (C=O) groups excluding carboxylic acids is 5. The maximum absolute atomic E-state index is 13.3. The lowest BCUT2D eigenvalue weighted by Gasteiger charge is -2.37. The molecule has 3 heterocycles. The Hall–Kier alpha value is -5.60. The van der Waals surface area contributed by atoms with Crippen LogP contribution in [0.1, 0.15) is 55.8 Å². The molecule has 3 aromatic rings. The average molecular weight is 598 g/mol. The maximum atomic E-state index is 13.3. The number of fused-ring (bicyclic) bond motifs is 6. The molecule has 43 heavy (non-hydrogen) atoms. The number of rotatable bonds is 4. The van der Waals surface area contributed by atoms with Crippen molar-refractivity contribution < 1.29 is 61.7 Å². The monoisotopic (exact) mass is 598 g/mol. The lowest BCUT2D eigenvalue weighted by Crippen LogP contribution is -2.37. The molecule has 0 aromatic heterocycles. The van der Waals surface area contributed by atoms with Crippen LogP contribution in [0.4, 0.5) is 13.2 Å². The van der Waals surface area contributed by atoms with Crippen molar-refractivity contribution in [1.29, 1.82) is 0 Å². The van der Waals surface area contributed by atoms with Crippen LogP contribution in [-0.2, 0) is 36.1 Å². The van der Waals surface area contributed by atoms with Crippen LogP contribution < -0.4 is 10.1 Å². The van der Waals surface area contributed by atoms with Crippen LogP contribution in [0, 0.1) is 0 Å². The Balaban J connectivity index is 1.47. The van der Waals surface area contributed by atoms with E-state index in [0.717, 1.165) is 18.2 Å². The van der Waals surface area contributed by atoms with Gasteiger partial charge in [0.1, 0.15) is 23.0 Å². The molecule has 1 unspecified atom stereocenters. The molecule has 12 nitrogen and oxygen atoms in total. The van der Waals surface area contributed by atoms with Gasteiger partial charge in [0, 0.05) is 35.6 Å². The van der Waals surface area contributed by atoms with Crippen LogP contribution in [-0.4, -0.2) is 51.1 Å². The summed E-state index contributed by atoms with van der Waals surface area (Å²) in [6.07, 6.45) is -5.46. The van der Waals surface area contributed by atoms with Crippen molar-refractivity contribution in [2.45, 2.75) is 31.2 Å². The number of esters is 1. The highest BCUT2D eigenvalue weighted by Gasteiger charge is 2.54. The molecule has 15 heteroatoms.